The quantitative estimate of drug-likeness (QED) is 0.395. The van der Waals surface area contributed by atoms with Gasteiger partial charge in [0.05, 0.1) is 6.07 Å². The molecule has 0 amide bonds. The minimum absolute atomic E-state index is 0.328. The predicted octanol–water partition coefficient (Wildman–Crippen LogP) is 6.04. The molecular weight excluding hydrogens is 278 g/mol. The summed E-state index contributed by atoms with van der Waals surface area (Å²) in [7, 11) is 0. The van der Waals surface area contributed by atoms with Crippen LogP contribution in [-0.2, 0) is 0 Å². The second-order valence-corrected chi connectivity index (χ2v) is 9.40. The van der Waals surface area contributed by atoms with Gasteiger partial charge in [-0.2, -0.15) is 5.26 Å². The molecule has 0 aromatic carbocycles. The second kappa shape index (κ2) is 5.23. The maximum atomic E-state index is 9.15. The van der Waals surface area contributed by atoms with Crippen LogP contribution in [0.4, 0.5) is 0 Å². The van der Waals surface area contributed by atoms with E-state index in [-0.39, 0.29) is 0 Å². The maximum absolute atomic E-state index is 9.15. The molecule has 0 spiro atoms. The molecule has 0 radical (unpaired) electrons. The number of hydrogen-bond donors (Lipinski definition) is 0. The summed E-state index contributed by atoms with van der Waals surface area (Å²) >= 11 is 0. The highest BCUT2D eigenvalue weighted by atomic mass is 14.6. The van der Waals surface area contributed by atoms with E-state index in [1.807, 2.05) is 6.08 Å². The Morgan fingerprint density at radius 3 is 2.70 bits per heavy atom. The molecular formula is C22H31N. The van der Waals surface area contributed by atoms with Crippen molar-refractivity contribution < 1.29 is 0 Å². The zero-order valence-corrected chi connectivity index (χ0v) is 15.1. The number of hydrogen-bond acceptors (Lipinski definition) is 1. The van der Waals surface area contributed by atoms with Crippen LogP contribution >= 0.6 is 0 Å². The summed E-state index contributed by atoms with van der Waals surface area (Å²) in [6, 6.07) is 2.33. The summed E-state index contributed by atoms with van der Waals surface area (Å²) in [6.07, 6.45) is 15.1. The minimum atomic E-state index is 0.328. The van der Waals surface area contributed by atoms with Gasteiger partial charge in [-0.3, -0.25) is 0 Å². The van der Waals surface area contributed by atoms with Gasteiger partial charge >= 0.3 is 0 Å². The molecule has 0 bridgehead atoms. The molecule has 0 aromatic heterocycles. The first-order chi connectivity index (χ1) is 11.0. The molecule has 1 heteroatoms. The summed E-state index contributed by atoms with van der Waals surface area (Å²) in [6.45, 7) is 7.51. The Hall–Kier alpha value is -1.03. The van der Waals surface area contributed by atoms with E-state index in [2.05, 4.69) is 32.9 Å². The Balaban J connectivity index is 1.68. The SMILES string of the molecule is C[C@@H]1CC=C2CCC3C(CC[C@]4(C)/C(=C\C#N)CCC34)[C@@]2(C)C1. The monoisotopic (exact) mass is 309 g/mol. The fourth-order valence-electron chi connectivity index (χ4n) is 7.26. The van der Waals surface area contributed by atoms with Crippen LogP contribution < -0.4 is 0 Å². The van der Waals surface area contributed by atoms with E-state index in [1.54, 1.807) is 5.57 Å². The van der Waals surface area contributed by atoms with E-state index >= 15 is 0 Å². The molecule has 0 saturated heterocycles. The van der Waals surface area contributed by atoms with Crippen LogP contribution in [0, 0.1) is 45.8 Å². The second-order valence-electron chi connectivity index (χ2n) is 9.40. The van der Waals surface area contributed by atoms with Crippen LogP contribution in [0.2, 0.25) is 0 Å². The first-order valence-electron chi connectivity index (χ1n) is 9.77. The topological polar surface area (TPSA) is 23.8 Å². The van der Waals surface area contributed by atoms with Gasteiger partial charge in [0.1, 0.15) is 0 Å². The van der Waals surface area contributed by atoms with Crippen molar-refractivity contribution in [3.63, 3.8) is 0 Å². The largest absolute Gasteiger partial charge is 0.193 e. The van der Waals surface area contributed by atoms with Gasteiger partial charge < -0.3 is 0 Å². The predicted molar refractivity (Wildman–Crippen MR) is 94.6 cm³/mol. The molecule has 0 N–H and O–H groups in total. The lowest BCUT2D eigenvalue weighted by Crippen LogP contribution is -2.49. The summed E-state index contributed by atoms with van der Waals surface area (Å²) in [4.78, 5) is 0. The van der Waals surface area contributed by atoms with Crippen molar-refractivity contribution in [2.45, 2.75) is 72.1 Å². The molecule has 0 aromatic rings. The number of fused-ring (bicyclic) bond motifs is 5. The van der Waals surface area contributed by atoms with Crippen molar-refractivity contribution in [1.29, 1.82) is 5.26 Å². The van der Waals surface area contributed by atoms with Gasteiger partial charge in [0.25, 0.3) is 0 Å². The van der Waals surface area contributed by atoms with Crippen molar-refractivity contribution in [2.24, 2.45) is 34.5 Å². The average molecular weight is 309 g/mol. The summed E-state index contributed by atoms with van der Waals surface area (Å²) in [5.74, 6) is 3.47. The van der Waals surface area contributed by atoms with Crippen LogP contribution in [0.15, 0.2) is 23.3 Å². The zero-order chi connectivity index (χ0) is 16.2. The van der Waals surface area contributed by atoms with Crippen LogP contribution in [0.5, 0.6) is 0 Å². The van der Waals surface area contributed by atoms with Crippen LogP contribution in [0.25, 0.3) is 0 Å². The van der Waals surface area contributed by atoms with E-state index in [1.165, 1.54) is 56.9 Å². The van der Waals surface area contributed by atoms with E-state index in [0.717, 1.165) is 23.7 Å². The van der Waals surface area contributed by atoms with E-state index in [9.17, 15) is 0 Å². The van der Waals surface area contributed by atoms with Gasteiger partial charge in [-0.1, -0.05) is 38.0 Å². The molecule has 3 unspecified atom stereocenters. The van der Waals surface area contributed by atoms with E-state index in [4.69, 9.17) is 5.26 Å². The van der Waals surface area contributed by atoms with Gasteiger partial charge in [0.2, 0.25) is 0 Å². The highest BCUT2D eigenvalue weighted by Crippen LogP contribution is 2.66. The Kier molecular flexibility index (Phi) is 3.53. The minimum Gasteiger partial charge on any atom is -0.193 e. The van der Waals surface area contributed by atoms with Crippen LogP contribution in [0.1, 0.15) is 72.1 Å². The average Bonchev–Trinajstić information content (AvgIpc) is 2.84. The summed E-state index contributed by atoms with van der Waals surface area (Å²) in [5, 5.41) is 9.15. The number of allylic oxidation sites excluding steroid dienone is 4. The highest BCUT2D eigenvalue weighted by Gasteiger charge is 2.57. The smallest absolute Gasteiger partial charge is 0.0911 e. The highest BCUT2D eigenvalue weighted by molar-refractivity contribution is 5.30. The number of rotatable bonds is 0. The lowest BCUT2D eigenvalue weighted by atomic mass is 9.46. The van der Waals surface area contributed by atoms with Crippen molar-refractivity contribution >= 4 is 0 Å². The first-order valence-corrected chi connectivity index (χ1v) is 9.77. The third-order valence-corrected chi connectivity index (χ3v) is 8.36. The molecule has 4 rings (SSSR count). The van der Waals surface area contributed by atoms with E-state index < -0.39 is 0 Å². The molecule has 23 heavy (non-hydrogen) atoms. The maximum Gasteiger partial charge on any atom is 0.0911 e. The molecule has 1 nitrogen and oxygen atoms in total. The normalized spacial score (nSPS) is 50.5. The molecule has 0 aliphatic heterocycles. The standard InChI is InChI=1S/C22H31N/c1-15-4-5-16-6-8-18-19-9-7-17(11-13-23)21(19,2)12-10-20(18)22(16,3)14-15/h5,11,15,18-20H,4,6-10,12,14H2,1-3H3/b17-11-/t15-,18?,19?,20?,21-,22+/m1/s1. The van der Waals surface area contributed by atoms with Crippen molar-refractivity contribution in [3.05, 3.63) is 23.3 Å². The van der Waals surface area contributed by atoms with E-state index in [0.29, 0.717) is 10.8 Å². The van der Waals surface area contributed by atoms with Gasteiger partial charge in [-0.05, 0) is 85.9 Å². The fraction of sp³-hybridized carbons (Fsp3) is 0.773. The Labute approximate surface area is 141 Å². The van der Waals surface area contributed by atoms with Gasteiger partial charge in [-0.15, -0.1) is 0 Å². The number of nitriles is 1. The van der Waals surface area contributed by atoms with Crippen molar-refractivity contribution in [1.82, 2.24) is 0 Å². The molecule has 3 fully saturated rings. The molecule has 4 aliphatic carbocycles. The summed E-state index contributed by atoms with van der Waals surface area (Å²) in [5.41, 5.74) is 4.07. The molecule has 4 aliphatic rings. The summed E-state index contributed by atoms with van der Waals surface area (Å²) < 4.78 is 0. The lowest BCUT2D eigenvalue weighted by Gasteiger charge is -2.58. The third-order valence-electron chi connectivity index (χ3n) is 8.36. The zero-order valence-electron chi connectivity index (χ0n) is 15.1. The van der Waals surface area contributed by atoms with Gasteiger partial charge in [0, 0.05) is 6.08 Å². The van der Waals surface area contributed by atoms with Gasteiger partial charge in [-0.25, -0.2) is 0 Å². The van der Waals surface area contributed by atoms with Gasteiger partial charge in [0.15, 0.2) is 0 Å². The third kappa shape index (κ3) is 2.10. The van der Waals surface area contributed by atoms with Crippen LogP contribution in [-0.4, -0.2) is 0 Å². The number of nitrogens with zero attached hydrogens (tertiary/aromatic N) is 1. The van der Waals surface area contributed by atoms with Crippen LogP contribution in [0.3, 0.4) is 0 Å². The van der Waals surface area contributed by atoms with Crippen molar-refractivity contribution in [3.8, 4) is 6.07 Å². The molecule has 0 heterocycles. The molecule has 6 atom stereocenters. The Morgan fingerprint density at radius 1 is 1.13 bits per heavy atom. The molecule has 124 valence electrons. The first kappa shape index (κ1) is 15.5. The Morgan fingerprint density at radius 2 is 1.91 bits per heavy atom. The van der Waals surface area contributed by atoms with Crippen molar-refractivity contribution in [2.75, 3.05) is 0 Å². The Bertz CT molecular complexity index is 606. The lowest BCUT2D eigenvalue weighted by molar-refractivity contribution is -0.0308. The fourth-order valence-corrected chi connectivity index (χ4v) is 7.26. The molecule has 3 saturated carbocycles.